The summed E-state index contributed by atoms with van der Waals surface area (Å²) < 4.78 is 21.4. The van der Waals surface area contributed by atoms with Gasteiger partial charge < -0.3 is 14.6 Å². The second kappa shape index (κ2) is 11.9. The second-order valence-corrected chi connectivity index (χ2v) is 8.78. The molecule has 3 aromatic rings. The summed E-state index contributed by atoms with van der Waals surface area (Å²) in [7, 11) is 0. The van der Waals surface area contributed by atoms with E-state index in [-0.39, 0.29) is 29.8 Å². The number of benzene rings is 1. The van der Waals surface area contributed by atoms with Crippen LogP contribution in [-0.2, 0) is 24.2 Å². The van der Waals surface area contributed by atoms with E-state index in [4.69, 9.17) is 4.74 Å². The van der Waals surface area contributed by atoms with Crippen LogP contribution in [0, 0.1) is 12.7 Å². The van der Waals surface area contributed by atoms with E-state index in [1.54, 1.807) is 24.5 Å². The number of carbonyl (C=O) groups excluding carboxylic acids is 1. The Labute approximate surface area is 204 Å². The van der Waals surface area contributed by atoms with Gasteiger partial charge in [-0.25, -0.2) is 4.39 Å². The van der Waals surface area contributed by atoms with Crippen molar-refractivity contribution >= 4 is 5.91 Å². The fourth-order valence-corrected chi connectivity index (χ4v) is 4.46. The highest BCUT2D eigenvalue weighted by atomic mass is 19.1. The van der Waals surface area contributed by atoms with Crippen molar-refractivity contribution in [3.8, 4) is 0 Å². The first-order chi connectivity index (χ1) is 17.0. The number of pyridine rings is 2. The Morgan fingerprint density at radius 2 is 1.91 bits per heavy atom. The molecule has 1 amide bonds. The van der Waals surface area contributed by atoms with Crippen molar-refractivity contribution < 1.29 is 13.9 Å². The van der Waals surface area contributed by atoms with E-state index in [0.29, 0.717) is 17.8 Å². The number of rotatable bonds is 9. The molecule has 184 valence electrons. The molecule has 35 heavy (non-hydrogen) atoms. The molecule has 0 unspecified atom stereocenters. The van der Waals surface area contributed by atoms with Crippen LogP contribution in [0.4, 0.5) is 4.39 Å². The van der Waals surface area contributed by atoms with Gasteiger partial charge in [0.25, 0.3) is 5.91 Å². The van der Waals surface area contributed by atoms with Crippen molar-refractivity contribution in [3.63, 3.8) is 0 Å². The number of carbonyl (C=O) groups is 1. The maximum Gasteiger partial charge on any atom is 0.257 e. The molecule has 8 heteroatoms. The predicted octanol–water partition coefficient (Wildman–Crippen LogP) is 2.93. The number of aryl methyl sites for hydroxylation is 1. The van der Waals surface area contributed by atoms with Crippen LogP contribution in [0.2, 0.25) is 0 Å². The predicted molar refractivity (Wildman–Crippen MR) is 132 cm³/mol. The molecule has 1 aliphatic heterocycles. The van der Waals surface area contributed by atoms with Crippen molar-refractivity contribution in [2.75, 3.05) is 32.8 Å². The largest absolute Gasteiger partial charge is 0.379 e. The highest BCUT2D eigenvalue weighted by Gasteiger charge is 2.21. The van der Waals surface area contributed by atoms with E-state index < -0.39 is 5.91 Å². The molecule has 0 radical (unpaired) electrons. The molecule has 1 aromatic carbocycles. The summed E-state index contributed by atoms with van der Waals surface area (Å²) >= 11 is 0. The minimum absolute atomic E-state index is 0.107. The second-order valence-electron chi connectivity index (χ2n) is 8.78. The molecule has 3 heterocycles. The highest BCUT2D eigenvalue weighted by Crippen LogP contribution is 2.17. The third-order valence-corrected chi connectivity index (χ3v) is 6.25. The van der Waals surface area contributed by atoms with Crippen molar-refractivity contribution in [2.45, 2.75) is 32.9 Å². The zero-order valence-corrected chi connectivity index (χ0v) is 20.0. The first kappa shape index (κ1) is 24.8. The van der Waals surface area contributed by atoms with Crippen molar-refractivity contribution in [2.24, 2.45) is 0 Å². The van der Waals surface area contributed by atoms with Gasteiger partial charge in [-0.15, -0.1) is 0 Å². The molecule has 0 atom stereocenters. The molecule has 0 bridgehead atoms. The number of nitrogens with one attached hydrogen (secondary N) is 1. The Kier molecular flexibility index (Phi) is 8.39. The molecule has 1 aliphatic rings. The molecule has 1 fully saturated rings. The van der Waals surface area contributed by atoms with Gasteiger partial charge in [0.2, 0.25) is 0 Å². The van der Waals surface area contributed by atoms with Crippen LogP contribution in [0.3, 0.4) is 0 Å². The fourth-order valence-electron chi connectivity index (χ4n) is 4.46. The maximum atomic E-state index is 13.9. The van der Waals surface area contributed by atoms with Crippen molar-refractivity contribution in [1.82, 2.24) is 19.8 Å². The number of hydrogen-bond donors (Lipinski definition) is 1. The summed E-state index contributed by atoms with van der Waals surface area (Å²) in [6.45, 7) is 6.97. The minimum Gasteiger partial charge on any atom is -0.379 e. The van der Waals surface area contributed by atoms with E-state index in [2.05, 4.69) is 15.2 Å². The zero-order valence-electron chi connectivity index (χ0n) is 20.0. The summed E-state index contributed by atoms with van der Waals surface area (Å²) in [5.41, 5.74) is 2.71. The Balaban J connectivity index is 1.62. The Bertz CT molecular complexity index is 1210. The average molecular weight is 479 g/mol. The van der Waals surface area contributed by atoms with E-state index in [1.165, 1.54) is 18.2 Å². The number of amides is 1. The average Bonchev–Trinajstić information content (AvgIpc) is 2.86. The van der Waals surface area contributed by atoms with Gasteiger partial charge in [0.15, 0.2) is 5.43 Å². The van der Waals surface area contributed by atoms with Crippen LogP contribution >= 0.6 is 0 Å². The van der Waals surface area contributed by atoms with Crippen LogP contribution in [0.5, 0.6) is 0 Å². The first-order valence-corrected chi connectivity index (χ1v) is 12.0. The lowest BCUT2D eigenvalue weighted by Crippen LogP contribution is -2.37. The van der Waals surface area contributed by atoms with E-state index in [1.807, 2.05) is 23.6 Å². The van der Waals surface area contributed by atoms with E-state index in [0.717, 1.165) is 50.5 Å². The molecule has 1 N–H and O–H groups in total. The van der Waals surface area contributed by atoms with Crippen LogP contribution < -0.4 is 10.7 Å². The normalized spacial score (nSPS) is 14.1. The van der Waals surface area contributed by atoms with Crippen molar-refractivity contribution in [1.29, 1.82) is 0 Å². The van der Waals surface area contributed by atoms with Crippen LogP contribution in [0.1, 0.15) is 39.3 Å². The summed E-state index contributed by atoms with van der Waals surface area (Å²) in [6.07, 6.45) is 4.48. The van der Waals surface area contributed by atoms with E-state index in [9.17, 15) is 14.0 Å². The molecule has 0 aliphatic carbocycles. The van der Waals surface area contributed by atoms with Gasteiger partial charge in [-0.05, 0) is 42.7 Å². The Hall–Kier alpha value is -3.36. The Morgan fingerprint density at radius 3 is 2.66 bits per heavy atom. The van der Waals surface area contributed by atoms with Crippen LogP contribution in [0.25, 0.3) is 0 Å². The quantitative estimate of drug-likeness (QED) is 0.512. The van der Waals surface area contributed by atoms with Crippen LogP contribution in [0.15, 0.2) is 59.7 Å². The smallest absolute Gasteiger partial charge is 0.257 e. The van der Waals surface area contributed by atoms with Crippen LogP contribution in [-0.4, -0.2) is 53.2 Å². The summed E-state index contributed by atoms with van der Waals surface area (Å²) in [5, 5.41) is 2.86. The third-order valence-electron chi connectivity index (χ3n) is 6.25. The lowest BCUT2D eigenvalue weighted by atomic mass is 10.0. The molecule has 2 aromatic heterocycles. The topological polar surface area (TPSA) is 76.5 Å². The number of morpholine rings is 1. The zero-order chi connectivity index (χ0) is 24.6. The van der Waals surface area contributed by atoms with Gasteiger partial charge >= 0.3 is 0 Å². The third kappa shape index (κ3) is 6.61. The number of hydrogen-bond acceptors (Lipinski definition) is 5. The van der Waals surface area contributed by atoms with Gasteiger partial charge in [-0.1, -0.05) is 18.2 Å². The van der Waals surface area contributed by atoms with Gasteiger partial charge in [-0.2, -0.15) is 0 Å². The molecule has 4 rings (SSSR count). The van der Waals surface area contributed by atoms with Gasteiger partial charge in [0.05, 0.1) is 13.2 Å². The molecule has 1 saturated heterocycles. The van der Waals surface area contributed by atoms with Gasteiger partial charge in [0, 0.05) is 69.0 Å². The number of aromatic nitrogens is 2. The summed E-state index contributed by atoms with van der Waals surface area (Å²) in [6, 6.07) is 11.5. The molecule has 0 saturated carbocycles. The minimum atomic E-state index is -0.438. The standard InChI is InChI=1S/C27H31FN4O3/c1-20-15-25(33)26(27(34)30-19-22-6-3-8-29-18-22)24(17-21-5-2-7-23(28)16-21)32(20)10-4-9-31-11-13-35-14-12-31/h2-3,5-8,15-16,18H,4,9-14,17,19H2,1H3,(H,30,34). The number of halogens is 1. The lowest BCUT2D eigenvalue weighted by Gasteiger charge is -2.27. The Morgan fingerprint density at radius 1 is 1.11 bits per heavy atom. The van der Waals surface area contributed by atoms with Gasteiger partial charge in [0.1, 0.15) is 11.4 Å². The number of ether oxygens (including phenoxy) is 1. The highest BCUT2D eigenvalue weighted by molar-refractivity contribution is 5.95. The maximum absolute atomic E-state index is 13.9. The van der Waals surface area contributed by atoms with Crippen molar-refractivity contribution in [3.05, 3.63) is 99.0 Å². The fraction of sp³-hybridized carbons (Fsp3) is 0.370. The lowest BCUT2D eigenvalue weighted by molar-refractivity contribution is 0.0369. The monoisotopic (exact) mass is 478 g/mol. The SMILES string of the molecule is Cc1cc(=O)c(C(=O)NCc2cccnc2)c(Cc2cccc(F)c2)n1CCCN1CCOCC1. The molecule has 0 spiro atoms. The first-order valence-electron chi connectivity index (χ1n) is 12.0. The van der Waals surface area contributed by atoms with E-state index >= 15 is 0 Å². The number of nitrogens with zero attached hydrogens (tertiary/aromatic N) is 3. The summed E-state index contributed by atoms with van der Waals surface area (Å²) in [5.74, 6) is -0.786. The van der Waals surface area contributed by atoms with Gasteiger partial charge in [-0.3, -0.25) is 19.5 Å². The molecular weight excluding hydrogens is 447 g/mol. The molecule has 7 nitrogen and oxygen atoms in total. The molecular formula is C27H31FN4O3. The summed E-state index contributed by atoms with van der Waals surface area (Å²) in [4.78, 5) is 32.7.